The van der Waals surface area contributed by atoms with Gasteiger partial charge in [0.15, 0.2) is 0 Å². The van der Waals surface area contributed by atoms with Crippen LogP contribution < -0.4 is 0 Å². The van der Waals surface area contributed by atoms with Crippen molar-refractivity contribution < 1.29 is 9.53 Å². The lowest BCUT2D eigenvalue weighted by Crippen LogP contribution is -2.47. The lowest BCUT2D eigenvalue weighted by molar-refractivity contribution is 0.0469. The molecule has 6 heteroatoms. The zero-order valence-corrected chi connectivity index (χ0v) is 14.8. The van der Waals surface area contributed by atoms with Gasteiger partial charge >= 0.3 is 0 Å². The van der Waals surface area contributed by atoms with Gasteiger partial charge < -0.3 is 18.8 Å². The normalized spacial score (nSPS) is 17.1. The Bertz CT molecular complexity index is 940. The van der Waals surface area contributed by atoms with Gasteiger partial charge in [0.1, 0.15) is 0 Å². The maximum Gasteiger partial charge on any atom is 0.256 e. The third-order valence-corrected chi connectivity index (χ3v) is 5.08. The molecule has 0 radical (unpaired) electrons. The summed E-state index contributed by atoms with van der Waals surface area (Å²) in [7, 11) is 5.65. The molecule has 6 nitrogen and oxygen atoms in total. The van der Waals surface area contributed by atoms with Gasteiger partial charge in [-0.2, -0.15) is 0 Å². The van der Waals surface area contributed by atoms with E-state index in [0.29, 0.717) is 13.2 Å². The van der Waals surface area contributed by atoms with E-state index in [1.54, 1.807) is 7.11 Å². The largest absolute Gasteiger partial charge is 0.383 e. The third kappa shape index (κ3) is 2.53. The van der Waals surface area contributed by atoms with Gasteiger partial charge in [0.2, 0.25) is 0 Å². The zero-order valence-electron chi connectivity index (χ0n) is 14.8. The van der Waals surface area contributed by atoms with Crippen LogP contribution in [-0.4, -0.2) is 44.7 Å². The minimum absolute atomic E-state index is 0.0133. The van der Waals surface area contributed by atoms with Crippen LogP contribution in [0.25, 0.3) is 10.9 Å². The van der Waals surface area contributed by atoms with Crippen LogP contribution in [0.4, 0.5) is 0 Å². The second-order valence-electron chi connectivity index (χ2n) is 6.67. The van der Waals surface area contributed by atoms with Crippen molar-refractivity contribution in [2.45, 2.75) is 19.0 Å². The minimum atomic E-state index is 0.0133. The number of benzene rings is 1. The minimum Gasteiger partial charge on any atom is -0.383 e. The van der Waals surface area contributed by atoms with Crippen LogP contribution in [0.5, 0.6) is 0 Å². The fourth-order valence-corrected chi connectivity index (χ4v) is 3.77. The molecular formula is C19H22N4O2. The summed E-state index contributed by atoms with van der Waals surface area (Å²) in [4.78, 5) is 19.7. The van der Waals surface area contributed by atoms with Gasteiger partial charge in [-0.1, -0.05) is 18.2 Å². The number of nitrogens with zero attached hydrogens (tertiary/aromatic N) is 4. The van der Waals surface area contributed by atoms with E-state index in [2.05, 4.69) is 4.98 Å². The molecule has 2 aromatic heterocycles. The molecule has 1 atom stereocenters. The van der Waals surface area contributed by atoms with E-state index in [1.807, 2.05) is 64.9 Å². The molecule has 25 heavy (non-hydrogen) atoms. The first-order chi connectivity index (χ1) is 12.1. The maximum absolute atomic E-state index is 13.4. The Morgan fingerprint density at radius 1 is 1.28 bits per heavy atom. The number of ether oxygens (including phenoxy) is 1. The van der Waals surface area contributed by atoms with Gasteiger partial charge in [0.05, 0.1) is 36.8 Å². The summed E-state index contributed by atoms with van der Waals surface area (Å²) in [5.41, 5.74) is 3.95. The zero-order chi connectivity index (χ0) is 17.6. The number of rotatable bonds is 3. The highest BCUT2D eigenvalue weighted by Crippen LogP contribution is 2.27. The van der Waals surface area contributed by atoms with Crippen LogP contribution in [0.1, 0.15) is 21.7 Å². The van der Waals surface area contributed by atoms with Crippen LogP contribution in [0.15, 0.2) is 36.8 Å². The highest BCUT2D eigenvalue weighted by atomic mass is 16.5. The van der Waals surface area contributed by atoms with Gasteiger partial charge in [-0.05, 0) is 6.07 Å². The van der Waals surface area contributed by atoms with Crippen molar-refractivity contribution in [1.82, 2.24) is 19.0 Å². The molecule has 0 unspecified atom stereocenters. The van der Waals surface area contributed by atoms with Crippen molar-refractivity contribution in [3.05, 3.63) is 53.7 Å². The van der Waals surface area contributed by atoms with Gasteiger partial charge in [-0.15, -0.1) is 0 Å². The van der Waals surface area contributed by atoms with Gasteiger partial charge in [-0.3, -0.25) is 4.79 Å². The molecule has 1 aliphatic rings. The predicted octanol–water partition coefficient (Wildman–Crippen LogP) is 2.13. The Hall–Kier alpha value is -2.60. The molecule has 1 amide bonds. The molecule has 1 aromatic carbocycles. The van der Waals surface area contributed by atoms with Gasteiger partial charge in [-0.25, -0.2) is 4.98 Å². The van der Waals surface area contributed by atoms with E-state index in [0.717, 1.165) is 28.6 Å². The van der Waals surface area contributed by atoms with E-state index in [4.69, 9.17) is 4.74 Å². The number of methoxy groups -OCH3 is 1. The monoisotopic (exact) mass is 338 g/mol. The number of para-hydroxylation sites is 1. The number of amides is 1. The number of carbonyl (C=O) groups excluding carboxylic acids is 1. The standard InChI is InChI=1S/C19H22N4O2/c1-21-9-15(14-6-4-5-7-17(14)21)19(24)23-10-16-18(22(2)12-20-16)8-13(23)11-25-3/h4-7,9,12-13H,8,10-11H2,1-3H3/t13-/m0/s1. The van der Waals surface area contributed by atoms with Crippen LogP contribution in [-0.2, 0) is 31.8 Å². The second kappa shape index (κ2) is 6.04. The molecule has 0 aliphatic carbocycles. The van der Waals surface area contributed by atoms with Crippen molar-refractivity contribution >= 4 is 16.8 Å². The average Bonchev–Trinajstić information content (AvgIpc) is 3.15. The first kappa shape index (κ1) is 15.9. The summed E-state index contributed by atoms with van der Waals surface area (Å²) in [5, 5.41) is 0.984. The molecule has 0 bridgehead atoms. The Labute approximate surface area is 146 Å². The molecule has 0 saturated heterocycles. The molecule has 3 aromatic rings. The van der Waals surface area contributed by atoms with E-state index in [-0.39, 0.29) is 11.9 Å². The van der Waals surface area contributed by atoms with Crippen molar-refractivity contribution in [3.63, 3.8) is 0 Å². The average molecular weight is 338 g/mol. The smallest absolute Gasteiger partial charge is 0.256 e. The number of aromatic nitrogens is 3. The molecule has 0 spiro atoms. The Morgan fingerprint density at radius 3 is 2.88 bits per heavy atom. The van der Waals surface area contributed by atoms with Gasteiger partial charge in [0, 0.05) is 50.4 Å². The fourth-order valence-electron chi connectivity index (χ4n) is 3.77. The molecule has 3 heterocycles. The Morgan fingerprint density at radius 2 is 2.08 bits per heavy atom. The van der Waals surface area contributed by atoms with Crippen molar-refractivity contribution in [2.24, 2.45) is 14.1 Å². The maximum atomic E-state index is 13.4. The lowest BCUT2D eigenvalue weighted by Gasteiger charge is -2.35. The number of hydrogen-bond acceptors (Lipinski definition) is 3. The summed E-state index contributed by atoms with van der Waals surface area (Å²) in [6.45, 7) is 1.04. The van der Waals surface area contributed by atoms with Gasteiger partial charge in [0.25, 0.3) is 5.91 Å². The predicted molar refractivity (Wildman–Crippen MR) is 95.4 cm³/mol. The summed E-state index contributed by atoms with van der Waals surface area (Å²) >= 11 is 0. The topological polar surface area (TPSA) is 52.3 Å². The highest BCUT2D eigenvalue weighted by Gasteiger charge is 2.33. The summed E-state index contributed by atoms with van der Waals surface area (Å²) in [6, 6.07) is 8.01. The first-order valence-corrected chi connectivity index (χ1v) is 8.43. The number of fused-ring (bicyclic) bond motifs is 2. The number of aryl methyl sites for hydroxylation is 2. The van der Waals surface area contributed by atoms with Crippen molar-refractivity contribution in [1.29, 1.82) is 0 Å². The van der Waals surface area contributed by atoms with Crippen molar-refractivity contribution in [3.8, 4) is 0 Å². The van der Waals surface area contributed by atoms with E-state index in [9.17, 15) is 4.79 Å². The lowest BCUT2D eigenvalue weighted by atomic mass is 10.0. The van der Waals surface area contributed by atoms with E-state index >= 15 is 0 Å². The second-order valence-corrected chi connectivity index (χ2v) is 6.67. The number of hydrogen-bond donors (Lipinski definition) is 0. The summed E-state index contributed by atoms with van der Waals surface area (Å²) < 4.78 is 9.44. The first-order valence-electron chi connectivity index (χ1n) is 8.43. The Balaban J connectivity index is 1.74. The SMILES string of the molecule is COC[C@@H]1Cc2c(ncn2C)CN1C(=O)c1cn(C)c2ccccc12. The summed E-state index contributed by atoms with van der Waals surface area (Å²) in [6.07, 6.45) is 4.50. The van der Waals surface area contributed by atoms with Crippen LogP contribution >= 0.6 is 0 Å². The molecule has 4 rings (SSSR count). The molecule has 1 aliphatic heterocycles. The number of carbonyl (C=O) groups is 1. The quantitative estimate of drug-likeness (QED) is 0.735. The molecule has 0 N–H and O–H groups in total. The van der Waals surface area contributed by atoms with Crippen LogP contribution in [0, 0.1) is 0 Å². The molecule has 0 fully saturated rings. The van der Waals surface area contributed by atoms with Crippen LogP contribution in [0.3, 0.4) is 0 Å². The highest BCUT2D eigenvalue weighted by molar-refractivity contribution is 6.07. The van der Waals surface area contributed by atoms with Crippen LogP contribution in [0.2, 0.25) is 0 Å². The summed E-state index contributed by atoms with van der Waals surface area (Å²) in [5.74, 6) is 0.0372. The molecule has 0 saturated carbocycles. The third-order valence-electron chi connectivity index (χ3n) is 5.08. The van der Waals surface area contributed by atoms with E-state index < -0.39 is 0 Å². The number of imidazole rings is 1. The van der Waals surface area contributed by atoms with E-state index in [1.165, 1.54) is 5.69 Å². The Kier molecular flexibility index (Phi) is 3.84. The fraction of sp³-hybridized carbons (Fsp3) is 0.368. The molecular weight excluding hydrogens is 316 g/mol. The van der Waals surface area contributed by atoms with Crippen molar-refractivity contribution in [2.75, 3.05) is 13.7 Å². The molecule has 130 valence electrons.